The summed E-state index contributed by atoms with van der Waals surface area (Å²) >= 11 is 0. The number of hydrogen-bond donors (Lipinski definition) is 1. The second-order valence-corrected chi connectivity index (χ2v) is 3.93. The molecule has 1 aliphatic heterocycles. The molecule has 0 atom stereocenters. The molecule has 0 radical (unpaired) electrons. The molecule has 0 bridgehead atoms. The summed E-state index contributed by atoms with van der Waals surface area (Å²) in [5, 5.41) is 3.13. The number of ether oxygens (including phenoxy) is 1. The normalized spacial score (nSPS) is 14.2. The van der Waals surface area contributed by atoms with E-state index in [2.05, 4.69) is 36.5 Å². The second kappa shape index (κ2) is 5.40. The van der Waals surface area contributed by atoms with E-state index in [1.54, 1.807) is 0 Å². The minimum absolute atomic E-state index is 0.735. The smallest absolute Gasteiger partial charge is 0.119 e. The van der Waals surface area contributed by atoms with Gasteiger partial charge in [-0.15, -0.1) is 0 Å². The summed E-state index contributed by atoms with van der Waals surface area (Å²) in [6.07, 6.45) is 7.24. The molecule has 1 N–H and O–H groups in total. The predicted molar refractivity (Wildman–Crippen MR) is 66.5 cm³/mol. The molecule has 2 nitrogen and oxygen atoms in total. The van der Waals surface area contributed by atoms with Crippen LogP contribution in [0.5, 0.6) is 5.75 Å². The third-order valence-corrected chi connectivity index (χ3v) is 2.58. The van der Waals surface area contributed by atoms with Crippen LogP contribution in [-0.4, -0.2) is 13.2 Å². The summed E-state index contributed by atoms with van der Waals surface area (Å²) < 4.78 is 5.67. The summed E-state index contributed by atoms with van der Waals surface area (Å²) in [5.74, 6) is 0.948. The van der Waals surface area contributed by atoms with Crippen molar-refractivity contribution >= 4 is 0 Å². The number of benzene rings is 1. The Morgan fingerprint density at radius 3 is 2.75 bits per heavy atom. The van der Waals surface area contributed by atoms with Gasteiger partial charge in [-0.25, -0.2) is 0 Å². The van der Waals surface area contributed by atoms with Crippen LogP contribution < -0.4 is 10.1 Å². The molecule has 0 amide bonds. The number of hydrogen-bond acceptors (Lipinski definition) is 2. The molecule has 16 heavy (non-hydrogen) atoms. The highest BCUT2D eigenvalue weighted by Gasteiger charge is 1.98. The Bertz CT molecular complexity index is 390. The van der Waals surface area contributed by atoms with Crippen LogP contribution in [0, 0.1) is 6.92 Å². The third-order valence-electron chi connectivity index (χ3n) is 2.58. The molecule has 1 aliphatic rings. The molecule has 0 unspecified atom stereocenters. The van der Waals surface area contributed by atoms with Crippen molar-refractivity contribution < 1.29 is 4.74 Å². The van der Waals surface area contributed by atoms with Crippen LogP contribution in [0.2, 0.25) is 0 Å². The average molecular weight is 215 g/mol. The lowest BCUT2D eigenvalue weighted by atomic mass is 10.1. The van der Waals surface area contributed by atoms with E-state index in [4.69, 9.17) is 4.74 Å². The quantitative estimate of drug-likeness (QED) is 0.834. The number of aryl methyl sites for hydroxylation is 1. The molecule has 1 heterocycles. The summed E-state index contributed by atoms with van der Waals surface area (Å²) in [6, 6.07) is 8.17. The SMILES string of the molecule is Cc1ccc(OCCC2=CCNC=C2)cc1. The van der Waals surface area contributed by atoms with Gasteiger partial charge in [0.05, 0.1) is 6.61 Å². The molecule has 0 aliphatic carbocycles. The van der Waals surface area contributed by atoms with Crippen molar-refractivity contribution in [3.8, 4) is 5.75 Å². The van der Waals surface area contributed by atoms with Gasteiger partial charge in [-0.2, -0.15) is 0 Å². The highest BCUT2D eigenvalue weighted by molar-refractivity contribution is 5.27. The van der Waals surface area contributed by atoms with Gasteiger partial charge in [0.25, 0.3) is 0 Å². The van der Waals surface area contributed by atoms with Gasteiger partial charge in [0.2, 0.25) is 0 Å². The van der Waals surface area contributed by atoms with Gasteiger partial charge in [0.15, 0.2) is 0 Å². The Labute approximate surface area is 96.6 Å². The second-order valence-electron chi connectivity index (χ2n) is 3.93. The van der Waals surface area contributed by atoms with Crippen molar-refractivity contribution in [3.05, 3.63) is 53.8 Å². The Morgan fingerprint density at radius 2 is 2.06 bits per heavy atom. The first kappa shape index (κ1) is 10.8. The Hall–Kier alpha value is -1.70. The van der Waals surface area contributed by atoms with Crippen LogP contribution in [0.3, 0.4) is 0 Å². The first-order valence-corrected chi connectivity index (χ1v) is 5.63. The number of allylic oxidation sites excluding steroid dienone is 1. The lowest BCUT2D eigenvalue weighted by molar-refractivity contribution is 0.322. The predicted octanol–water partition coefficient (Wildman–Crippen LogP) is 2.81. The first-order valence-electron chi connectivity index (χ1n) is 5.63. The van der Waals surface area contributed by atoms with Crippen LogP contribution >= 0.6 is 0 Å². The molecule has 2 heteroatoms. The molecule has 0 fully saturated rings. The van der Waals surface area contributed by atoms with E-state index >= 15 is 0 Å². The molecule has 1 aromatic carbocycles. The van der Waals surface area contributed by atoms with Crippen LogP contribution in [0.15, 0.2) is 48.2 Å². The van der Waals surface area contributed by atoms with E-state index in [0.717, 1.165) is 25.3 Å². The van der Waals surface area contributed by atoms with Gasteiger partial charge in [-0.05, 0) is 36.9 Å². The van der Waals surface area contributed by atoms with Crippen LogP contribution in [0.25, 0.3) is 0 Å². The van der Waals surface area contributed by atoms with E-state index in [1.807, 2.05) is 18.3 Å². The van der Waals surface area contributed by atoms with E-state index in [0.29, 0.717) is 0 Å². The maximum Gasteiger partial charge on any atom is 0.119 e. The fraction of sp³-hybridized carbons (Fsp3) is 0.286. The lowest BCUT2D eigenvalue weighted by Gasteiger charge is -2.09. The maximum absolute atomic E-state index is 5.67. The highest BCUT2D eigenvalue weighted by atomic mass is 16.5. The lowest BCUT2D eigenvalue weighted by Crippen LogP contribution is -2.10. The Morgan fingerprint density at radius 1 is 1.25 bits per heavy atom. The minimum atomic E-state index is 0.735. The fourth-order valence-electron chi connectivity index (χ4n) is 1.60. The fourth-order valence-corrected chi connectivity index (χ4v) is 1.60. The summed E-state index contributed by atoms with van der Waals surface area (Å²) in [6.45, 7) is 3.74. The highest BCUT2D eigenvalue weighted by Crippen LogP contribution is 2.13. The Kier molecular flexibility index (Phi) is 3.65. The number of rotatable bonds is 4. The standard InChI is InChI=1S/C14H17NO/c1-12-2-4-14(5-3-12)16-11-8-13-6-9-15-10-7-13/h2-7,9,15H,8,10-11H2,1H3. The molecule has 0 saturated heterocycles. The maximum atomic E-state index is 5.67. The van der Waals surface area contributed by atoms with E-state index in [9.17, 15) is 0 Å². The largest absolute Gasteiger partial charge is 0.493 e. The molecule has 84 valence electrons. The summed E-state index contributed by atoms with van der Waals surface area (Å²) in [5.41, 5.74) is 2.60. The van der Waals surface area contributed by atoms with Gasteiger partial charge in [0.1, 0.15) is 5.75 Å². The monoisotopic (exact) mass is 215 g/mol. The van der Waals surface area contributed by atoms with Crippen molar-refractivity contribution in [1.29, 1.82) is 0 Å². The van der Waals surface area contributed by atoms with Crippen molar-refractivity contribution in [2.75, 3.05) is 13.2 Å². The van der Waals surface area contributed by atoms with Gasteiger partial charge in [-0.3, -0.25) is 0 Å². The summed E-state index contributed by atoms with van der Waals surface area (Å²) in [4.78, 5) is 0. The zero-order valence-corrected chi connectivity index (χ0v) is 9.57. The molecule has 0 spiro atoms. The minimum Gasteiger partial charge on any atom is -0.493 e. The van der Waals surface area contributed by atoms with E-state index in [1.165, 1.54) is 11.1 Å². The topological polar surface area (TPSA) is 21.3 Å². The van der Waals surface area contributed by atoms with Crippen LogP contribution in [0.1, 0.15) is 12.0 Å². The van der Waals surface area contributed by atoms with Crippen LogP contribution in [-0.2, 0) is 0 Å². The zero-order valence-electron chi connectivity index (χ0n) is 9.57. The molecule has 1 aromatic rings. The molecule has 0 aromatic heterocycles. The molecular formula is C14H17NO. The average Bonchev–Trinajstić information content (AvgIpc) is 2.33. The zero-order chi connectivity index (χ0) is 11.2. The van der Waals surface area contributed by atoms with Crippen molar-refractivity contribution in [3.63, 3.8) is 0 Å². The molecule has 0 saturated carbocycles. The van der Waals surface area contributed by atoms with Gasteiger partial charge in [0, 0.05) is 13.0 Å². The van der Waals surface area contributed by atoms with Crippen molar-refractivity contribution in [2.45, 2.75) is 13.3 Å². The first-order chi connectivity index (χ1) is 7.84. The molecule has 2 rings (SSSR count). The molecular weight excluding hydrogens is 198 g/mol. The third kappa shape index (κ3) is 3.16. The van der Waals surface area contributed by atoms with E-state index < -0.39 is 0 Å². The number of dihydropyridines is 1. The van der Waals surface area contributed by atoms with Gasteiger partial charge >= 0.3 is 0 Å². The van der Waals surface area contributed by atoms with Gasteiger partial charge in [-0.1, -0.05) is 23.8 Å². The van der Waals surface area contributed by atoms with Crippen LogP contribution in [0.4, 0.5) is 0 Å². The van der Waals surface area contributed by atoms with Crippen molar-refractivity contribution in [2.24, 2.45) is 0 Å². The summed E-state index contributed by atoms with van der Waals surface area (Å²) in [7, 11) is 0. The van der Waals surface area contributed by atoms with Gasteiger partial charge < -0.3 is 10.1 Å². The van der Waals surface area contributed by atoms with E-state index in [-0.39, 0.29) is 0 Å². The Balaban J connectivity index is 1.77. The number of nitrogens with one attached hydrogen (secondary N) is 1. The van der Waals surface area contributed by atoms with Crippen molar-refractivity contribution in [1.82, 2.24) is 5.32 Å².